The van der Waals surface area contributed by atoms with Gasteiger partial charge in [0.05, 0.1) is 11.3 Å². The number of aliphatic hydroxyl groups is 1. The maximum Gasteiger partial charge on any atom is 0.335 e. The highest BCUT2D eigenvalue weighted by atomic mass is 35.5. The molecule has 2 rings (SSSR count). The Bertz CT molecular complexity index is 615. The summed E-state index contributed by atoms with van der Waals surface area (Å²) in [7, 11) is 0. The highest BCUT2D eigenvalue weighted by molar-refractivity contribution is 6.48. The molecule has 132 valence electrons. The van der Waals surface area contributed by atoms with Crippen molar-refractivity contribution in [3.8, 4) is 0 Å². The molecule has 2 N–H and O–H groups in total. The molecule has 0 saturated heterocycles. The van der Waals surface area contributed by atoms with Crippen molar-refractivity contribution in [2.24, 2.45) is 0 Å². The lowest BCUT2D eigenvalue weighted by Gasteiger charge is -1.92. The third-order valence-corrected chi connectivity index (χ3v) is 2.96. The molecule has 2 aromatic rings. The zero-order valence-electron chi connectivity index (χ0n) is 14.1. The summed E-state index contributed by atoms with van der Waals surface area (Å²) in [6, 6.07) is 18.0. The van der Waals surface area contributed by atoms with Gasteiger partial charge in [0, 0.05) is 11.5 Å². The number of halogens is 1. The molecule has 0 heterocycles. The van der Waals surface area contributed by atoms with Gasteiger partial charge in [0.2, 0.25) is 0 Å². The second kappa shape index (κ2) is 13.6. The summed E-state index contributed by atoms with van der Waals surface area (Å²) in [5.74, 6) is -0.643. The van der Waals surface area contributed by atoms with Crippen LogP contribution in [0.25, 0.3) is 5.03 Å². The lowest BCUT2D eigenvalue weighted by Crippen LogP contribution is -1.93. The van der Waals surface area contributed by atoms with Gasteiger partial charge >= 0.3 is 5.97 Å². The zero-order valence-corrected chi connectivity index (χ0v) is 14.8. The Kier molecular flexibility index (Phi) is 12.1. The molecule has 0 aliphatic heterocycles. The average Bonchev–Trinajstić information content (AvgIpc) is 2.62. The van der Waals surface area contributed by atoms with Crippen LogP contribution in [0.2, 0.25) is 0 Å². The summed E-state index contributed by atoms with van der Waals surface area (Å²) >= 11 is 5.61. The molecule has 3 nitrogen and oxygen atoms in total. The first-order valence-corrected chi connectivity index (χ1v) is 7.92. The first-order chi connectivity index (χ1) is 11.9. The van der Waals surface area contributed by atoms with Crippen molar-refractivity contribution in [3.63, 3.8) is 0 Å². The van der Waals surface area contributed by atoms with Gasteiger partial charge in [-0.05, 0) is 24.1 Å². The topological polar surface area (TPSA) is 57.5 Å². The van der Waals surface area contributed by atoms with Crippen molar-refractivity contribution in [1.29, 1.82) is 0 Å². The van der Waals surface area contributed by atoms with E-state index in [1.165, 1.54) is 0 Å². The number of allylic oxidation sites excluding steroid dienone is 2. The molecule has 0 unspecified atom stereocenters. The summed E-state index contributed by atoms with van der Waals surface area (Å²) in [4.78, 5) is 10.2. The van der Waals surface area contributed by atoms with Crippen LogP contribution >= 0.6 is 11.6 Å². The van der Waals surface area contributed by atoms with Crippen molar-refractivity contribution in [3.05, 3.63) is 103 Å². The van der Waals surface area contributed by atoms with Gasteiger partial charge in [0.1, 0.15) is 0 Å². The van der Waals surface area contributed by atoms with Crippen LogP contribution in [0.1, 0.15) is 28.8 Å². The van der Waals surface area contributed by atoms with Gasteiger partial charge in [0.25, 0.3) is 0 Å². The number of aliphatic hydroxyl groups excluding tert-OH is 1. The molecule has 0 bridgehead atoms. The molecular formula is C21H23ClO3. The number of hydrogen-bond donors (Lipinski definition) is 2. The van der Waals surface area contributed by atoms with E-state index >= 15 is 0 Å². The largest absolute Gasteiger partial charge is 0.513 e. The van der Waals surface area contributed by atoms with Crippen LogP contribution in [0.5, 0.6) is 0 Å². The Morgan fingerprint density at radius 3 is 1.56 bits per heavy atom. The molecule has 4 heteroatoms. The van der Waals surface area contributed by atoms with Crippen LogP contribution in [0.15, 0.2) is 92.2 Å². The van der Waals surface area contributed by atoms with Gasteiger partial charge in [-0.15, -0.1) is 6.58 Å². The molecule has 2 aromatic carbocycles. The highest BCUT2D eigenvalue weighted by Crippen LogP contribution is 2.14. The number of benzene rings is 2. The quantitative estimate of drug-likeness (QED) is 0.486. The second-order valence-corrected chi connectivity index (χ2v) is 5.29. The van der Waals surface area contributed by atoms with Crippen molar-refractivity contribution in [2.45, 2.75) is 12.8 Å². The van der Waals surface area contributed by atoms with Gasteiger partial charge < -0.3 is 10.2 Å². The third kappa shape index (κ3) is 12.3. The Hall–Kier alpha value is -2.78. The predicted molar refractivity (Wildman–Crippen MR) is 106 cm³/mol. The average molecular weight is 359 g/mol. The van der Waals surface area contributed by atoms with Gasteiger partial charge in [0.15, 0.2) is 0 Å². The van der Waals surface area contributed by atoms with Crippen molar-refractivity contribution < 1.29 is 15.0 Å². The normalized spacial score (nSPS) is 8.68. The van der Waals surface area contributed by atoms with E-state index in [0.29, 0.717) is 17.0 Å². The maximum absolute atomic E-state index is 10.2. The van der Waals surface area contributed by atoms with E-state index < -0.39 is 5.97 Å². The SMILES string of the molecule is C=C(Cl)c1ccccc1.C=CCCC(=C)O.O=C(O)c1ccccc1. The first kappa shape index (κ1) is 22.2. The van der Waals surface area contributed by atoms with E-state index in [2.05, 4.69) is 19.7 Å². The molecule has 0 saturated carbocycles. The Morgan fingerprint density at radius 1 is 0.920 bits per heavy atom. The molecule has 0 spiro atoms. The van der Waals surface area contributed by atoms with Crippen molar-refractivity contribution in [2.75, 3.05) is 0 Å². The van der Waals surface area contributed by atoms with E-state index in [1.807, 2.05) is 30.3 Å². The number of carboxylic acid groups (broad SMARTS) is 1. The first-order valence-electron chi connectivity index (χ1n) is 7.54. The maximum atomic E-state index is 10.2. The van der Waals surface area contributed by atoms with Crippen LogP contribution < -0.4 is 0 Å². The van der Waals surface area contributed by atoms with E-state index in [9.17, 15) is 4.79 Å². The Labute approximate surface area is 154 Å². The van der Waals surface area contributed by atoms with Gasteiger partial charge in [-0.2, -0.15) is 0 Å². The molecule has 0 aliphatic carbocycles. The number of carboxylic acids is 1. The summed E-state index contributed by atoms with van der Waals surface area (Å²) in [5, 5.41) is 17.4. The third-order valence-electron chi connectivity index (χ3n) is 2.74. The molecule has 0 aliphatic rings. The number of carbonyl (C=O) groups is 1. The molecule has 0 radical (unpaired) electrons. The fourth-order valence-electron chi connectivity index (χ4n) is 1.47. The summed E-state index contributed by atoms with van der Waals surface area (Å²) in [6.07, 6.45) is 3.21. The van der Waals surface area contributed by atoms with Crippen LogP contribution in [0.4, 0.5) is 0 Å². The Balaban J connectivity index is 0.000000350. The Morgan fingerprint density at radius 2 is 1.36 bits per heavy atom. The van der Waals surface area contributed by atoms with E-state index in [4.69, 9.17) is 21.8 Å². The molecule has 0 atom stereocenters. The minimum absolute atomic E-state index is 0.236. The van der Waals surface area contributed by atoms with Gasteiger partial charge in [-0.25, -0.2) is 4.79 Å². The number of rotatable bonds is 5. The smallest absolute Gasteiger partial charge is 0.335 e. The minimum Gasteiger partial charge on any atom is -0.513 e. The molecule has 25 heavy (non-hydrogen) atoms. The lowest BCUT2D eigenvalue weighted by molar-refractivity contribution is 0.0697. The summed E-state index contributed by atoms with van der Waals surface area (Å²) in [6.45, 7) is 10.4. The monoisotopic (exact) mass is 358 g/mol. The predicted octanol–water partition coefficient (Wildman–Crippen LogP) is 6.31. The van der Waals surface area contributed by atoms with E-state index in [-0.39, 0.29) is 5.76 Å². The van der Waals surface area contributed by atoms with Crippen molar-refractivity contribution in [1.82, 2.24) is 0 Å². The second-order valence-electron chi connectivity index (χ2n) is 4.84. The number of hydrogen-bond acceptors (Lipinski definition) is 2. The van der Waals surface area contributed by atoms with Gasteiger partial charge in [-0.3, -0.25) is 0 Å². The number of aromatic carboxylic acids is 1. The lowest BCUT2D eigenvalue weighted by atomic mass is 10.2. The van der Waals surface area contributed by atoms with Crippen LogP contribution in [-0.4, -0.2) is 16.2 Å². The molecular weight excluding hydrogens is 336 g/mol. The fourth-order valence-corrected chi connectivity index (χ4v) is 1.59. The highest BCUT2D eigenvalue weighted by Gasteiger charge is 1.96. The van der Waals surface area contributed by atoms with E-state index in [0.717, 1.165) is 12.0 Å². The van der Waals surface area contributed by atoms with Crippen LogP contribution in [0, 0.1) is 0 Å². The standard InChI is InChI=1S/C8H7Cl.C7H6O2.C6H10O/c1-7(9)8-5-3-2-4-6-8;8-7(9)6-4-2-1-3-5-6;1-3-4-5-6(2)7/h2-6H,1H2;1-5H,(H,8,9);3,7H,1-2,4-5H2. The zero-order chi connectivity index (χ0) is 19.1. The van der Waals surface area contributed by atoms with Crippen LogP contribution in [0.3, 0.4) is 0 Å². The van der Waals surface area contributed by atoms with Crippen LogP contribution in [-0.2, 0) is 0 Å². The summed E-state index contributed by atoms with van der Waals surface area (Å²) in [5.41, 5.74) is 1.32. The molecule has 0 aromatic heterocycles. The molecule has 0 fully saturated rings. The van der Waals surface area contributed by atoms with Gasteiger partial charge in [-0.1, -0.05) is 79.4 Å². The summed E-state index contributed by atoms with van der Waals surface area (Å²) < 4.78 is 0. The fraction of sp³-hybridized carbons (Fsp3) is 0.0952. The van der Waals surface area contributed by atoms with Crippen molar-refractivity contribution >= 4 is 22.6 Å². The molecule has 0 amide bonds. The van der Waals surface area contributed by atoms with E-state index in [1.54, 1.807) is 36.4 Å². The minimum atomic E-state index is -0.879.